The minimum atomic E-state index is 0.341. The topological polar surface area (TPSA) is 60.6 Å². The molecule has 0 bridgehead atoms. The van der Waals surface area contributed by atoms with Crippen LogP contribution in [-0.2, 0) is 13.1 Å². The number of hydrogen-bond donors (Lipinski definition) is 1. The molecule has 2 rings (SSSR count). The van der Waals surface area contributed by atoms with Crippen molar-refractivity contribution in [3.8, 4) is 0 Å². The summed E-state index contributed by atoms with van der Waals surface area (Å²) >= 11 is 0. The van der Waals surface area contributed by atoms with Crippen molar-refractivity contribution < 1.29 is 0 Å². The van der Waals surface area contributed by atoms with Crippen LogP contribution in [0.2, 0.25) is 0 Å². The minimum Gasteiger partial charge on any atom is -0.336 e. The van der Waals surface area contributed by atoms with E-state index >= 15 is 0 Å². The zero-order valence-corrected chi connectivity index (χ0v) is 11.1. The van der Waals surface area contributed by atoms with Gasteiger partial charge in [-0.1, -0.05) is 0 Å². The van der Waals surface area contributed by atoms with E-state index in [0.29, 0.717) is 12.1 Å². The van der Waals surface area contributed by atoms with Crippen molar-refractivity contribution >= 4 is 0 Å². The van der Waals surface area contributed by atoms with Crippen molar-refractivity contribution in [3.63, 3.8) is 0 Å². The smallest absolute Gasteiger partial charge is 0.141 e. The van der Waals surface area contributed by atoms with Crippen LogP contribution in [0.5, 0.6) is 0 Å². The molecule has 0 aliphatic carbocycles. The second-order valence-corrected chi connectivity index (χ2v) is 4.76. The molecule has 1 unspecified atom stereocenters. The van der Waals surface area contributed by atoms with Gasteiger partial charge in [-0.05, 0) is 20.8 Å². The first-order valence-electron chi connectivity index (χ1n) is 6.24. The molecule has 2 aromatic rings. The molecule has 0 spiro atoms. The number of nitrogens with one attached hydrogen (secondary N) is 1. The monoisotopic (exact) mass is 248 g/mol. The van der Waals surface area contributed by atoms with Crippen molar-refractivity contribution in [1.82, 2.24) is 29.6 Å². The van der Waals surface area contributed by atoms with E-state index < -0.39 is 0 Å². The normalized spacial score (nSPS) is 13.1. The van der Waals surface area contributed by atoms with Crippen molar-refractivity contribution in [1.29, 1.82) is 0 Å². The van der Waals surface area contributed by atoms with Crippen molar-refractivity contribution in [2.75, 3.05) is 0 Å². The van der Waals surface area contributed by atoms with Crippen LogP contribution < -0.4 is 5.32 Å². The quantitative estimate of drug-likeness (QED) is 0.835. The second kappa shape index (κ2) is 5.77. The molecule has 0 aromatic carbocycles. The van der Waals surface area contributed by atoms with Gasteiger partial charge in [0.1, 0.15) is 12.2 Å². The Bertz CT molecular complexity index is 459. The van der Waals surface area contributed by atoms with E-state index in [-0.39, 0.29) is 0 Å². The van der Waals surface area contributed by atoms with Gasteiger partial charge in [-0.3, -0.25) is 0 Å². The lowest BCUT2D eigenvalue weighted by Gasteiger charge is -2.15. The second-order valence-electron chi connectivity index (χ2n) is 4.76. The Hall–Kier alpha value is -1.69. The fourth-order valence-electron chi connectivity index (χ4n) is 1.87. The molecule has 0 saturated heterocycles. The van der Waals surface area contributed by atoms with Gasteiger partial charge in [0, 0.05) is 31.0 Å². The van der Waals surface area contributed by atoms with E-state index in [9.17, 15) is 0 Å². The lowest BCUT2D eigenvalue weighted by Crippen LogP contribution is -2.31. The third kappa shape index (κ3) is 3.16. The third-order valence-electron chi connectivity index (χ3n) is 2.79. The van der Waals surface area contributed by atoms with Crippen LogP contribution in [0, 0.1) is 0 Å². The minimum absolute atomic E-state index is 0.341. The van der Waals surface area contributed by atoms with E-state index in [1.807, 2.05) is 17.2 Å². The maximum Gasteiger partial charge on any atom is 0.141 e. The molecule has 0 fully saturated rings. The highest BCUT2D eigenvalue weighted by atomic mass is 15.4. The summed E-state index contributed by atoms with van der Waals surface area (Å²) in [5, 5.41) is 7.67. The number of imidazole rings is 1. The molecule has 2 heterocycles. The Morgan fingerprint density at radius 1 is 1.33 bits per heavy atom. The third-order valence-corrected chi connectivity index (χ3v) is 2.79. The van der Waals surface area contributed by atoms with Crippen molar-refractivity contribution in [3.05, 3.63) is 30.9 Å². The average Bonchev–Trinajstić information content (AvgIpc) is 2.96. The Morgan fingerprint density at radius 3 is 2.83 bits per heavy atom. The zero-order valence-electron chi connectivity index (χ0n) is 11.1. The Balaban J connectivity index is 1.85. The van der Waals surface area contributed by atoms with Gasteiger partial charge >= 0.3 is 0 Å². The molecule has 1 atom stereocenters. The molecule has 0 aliphatic heterocycles. The summed E-state index contributed by atoms with van der Waals surface area (Å²) < 4.78 is 4.00. The van der Waals surface area contributed by atoms with Gasteiger partial charge in [0.15, 0.2) is 0 Å². The maximum atomic E-state index is 4.28. The summed E-state index contributed by atoms with van der Waals surface area (Å²) in [6.07, 6.45) is 7.20. The standard InChI is InChI=1S/C12H20N6/c1-10(2)18-12(15-8-16-18)6-14-11(3)7-17-5-4-13-9-17/h4-5,8-11,14H,6-7H2,1-3H3. The van der Waals surface area contributed by atoms with Gasteiger partial charge in [-0.25, -0.2) is 14.6 Å². The van der Waals surface area contributed by atoms with E-state index in [1.54, 1.807) is 12.5 Å². The predicted octanol–water partition coefficient (Wildman–Crippen LogP) is 1.23. The molecule has 0 radical (unpaired) electrons. The number of hydrogen-bond acceptors (Lipinski definition) is 4. The first-order valence-corrected chi connectivity index (χ1v) is 6.24. The van der Waals surface area contributed by atoms with Crippen LogP contribution in [0.25, 0.3) is 0 Å². The molecule has 0 saturated carbocycles. The molecular weight excluding hydrogens is 228 g/mol. The Kier molecular flexibility index (Phi) is 4.09. The van der Waals surface area contributed by atoms with E-state index in [4.69, 9.17) is 0 Å². The van der Waals surface area contributed by atoms with Gasteiger partial charge in [0.05, 0.1) is 12.9 Å². The Morgan fingerprint density at radius 2 is 2.17 bits per heavy atom. The van der Waals surface area contributed by atoms with E-state index in [1.165, 1.54) is 0 Å². The zero-order chi connectivity index (χ0) is 13.0. The fraction of sp³-hybridized carbons (Fsp3) is 0.583. The average molecular weight is 248 g/mol. The first kappa shape index (κ1) is 12.8. The van der Waals surface area contributed by atoms with Crippen molar-refractivity contribution in [2.24, 2.45) is 0 Å². The first-order chi connectivity index (χ1) is 8.66. The molecule has 0 aliphatic rings. The Labute approximate surface area is 107 Å². The predicted molar refractivity (Wildman–Crippen MR) is 68.9 cm³/mol. The molecule has 18 heavy (non-hydrogen) atoms. The van der Waals surface area contributed by atoms with Gasteiger partial charge in [0.25, 0.3) is 0 Å². The van der Waals surface area contributed by atoms with E-state index in [0.717, 1.165) is 18.9 Å². The number of nitrogens with zero attached hydrogens (tertiary/aromatic N) is 5. The summed E-state index contributed by atoms with van der Waals surface area (Å²) in [4.78, 5) is 8.31. The largest absolute Gasteiger partial charge is 0.336 e. The van der Waals surface area contributed by atoms with Crippen LogP contribution in [0.1, 0.15) is 32.6 Å². The van der Waals surface area contributed by atoms with Gasteiger partial charge < -0.3 is 9.88 Å². The van der Waals surface area contributed by atoms with Crippen LogP contribution in [0.4, 0.5) is 0 Å². The molecule has 0 amide bonds. The summed E-state index contributed by atoms with van der Waals surface area (Å²) in [6, 6.07) is 0.699. The van der Waals surface area contributed by atoms with Gasteiger partial charge in [0.2, 0.25) is 0 Å². The molecule has 6 nitrogen and oxygen atoms in total. The summed E-state index contributed by atoms with van der Waals surface area (Å²) in [7, 11) is 0. The number of rotatable bonds is 6. The lowest BCUT2D eigenvalue weighted by molar-refractivity contribution is 0.441. The molecule has 98 valence electrons. The highest BCUT2D eigenvalue weighted by molar-refractivity contribution is 4.86. The summed E-state index contributed by atoms with van der Waals surface area (Å²) in [5.41, 5.74) is 0. The maximum absolute atomic E-state index is 4.28. The molecular formula is C12H20N6. The molecule has 6 heteroatoms. The van der Waals surface area contributed by atoms with Crippen LogP contribution in [0.15, 0.2) is 25.0 Å². The van der Waals surface area contributed by atoms with Gasteiger partial charge in [-0.2, -0.15) is 5.10 Å². The fourth-order valence-corrected chi connectivity index (χ4v) is 1.87. The number of aromatic nitrogens is 5. The molecule has 2 aromatic heterocycles. The summed E-state index contributed by atoms with van der Waals surface area (Å²) in [5.74, 6) is 0.975. The SMILES string of the molecule is CC(Cn1ccnc1)NCc1ncnn1C(C)C. The summed E-state index contributed by atoms with van der Waals surface area (Å²) in [6.45, 7) is 7.99. The van der Waals surface area contributed by atoms with E-state index in [2.05, 4.69) is 45.7 Å². The van der Waals surface area contributed by atoms with Crippen molar-refractivity contribution in [2.45, 2.75) is 45.9 Å². The molecule has 1 N–H and O–H groups in total. The van der Waals surface area contributed by atoms with Crippen LogP contribution in [0.3, 0.4) is 0 Å². The van der Waals surface area contributed by atoms with Crippen LogP contribution >= 0.6 is 0 Å². The highest BCUT2D eigenvalue weighted by Crippen LogP contribution is 2.05. The van der Waals surface area contributed by atoms with Crippen LogP contribution in [-0.4, -0.2) is 30.4 Å². The highest BCUT2D eigenvalue weighted by Gasteiger charge is 2.09. The van der Waals surface area contributed by atoms with Gasteiger partial charge in [-0.15, -0.1) is 0 Å². The lowest BCUT2D eigenvalue weighted by atomic mass is 10.3.